The molecule has 5 nitrogen and oxygen atoms in total. The lowest BCUT2D eigenvalue weighted by Gasteiger charge is -2.08. The topological polar surface area (TPSA) is 79.9 Å². The van der Waals surface area contributed by atoms with E-state index in [1.165, 1.54) is 7.11 Å². The second-order valence-electron chi connectivity index (χ2n) is 4.66. The molecule has 0 amide bonds. The highest BCUT2D eigenvalue weighted by Crippen LogP contribution is 2.29. The van der Waals surface area contributed by atoms with Gasteiger partial charge in [0.2, 0.25) is 0 Å². The summed E-state index contributed by atoms with van der Waals surface area (Å²) in [4.78, 5) is 4.22. The number of ether oxygens (including phenoxy) is 1. The summed E-state index contributed by atoms with van der Waals surface area (Å²) >= 11 is 0. The van der Waals surface area contributed by atoms with Crippen LogP contribution in [0.25, 0.3) is 0 Å². The SMILES string of the molecule is COc1cccc(CN=C(N)Nc2cccc(C)c2)c1O. The molecule has 0 fully saturated rings. The molecule has 0 unspecified atom stereocenters. The fourth-order valence-electron chi connectivity index (χ4n) is 1.94. The van der Waals surface area contributed by atoms with E-state index in [0.717, 1.165) is 11.3 Å². The van der Waals surface area contributed by atoms with Crippen molar-refractivity contribution in [1.82, 2.24) is 0 Å². The molecule has 0 heterocycles. The Morgan fingerprint density at radius 3 is 2.76 bits per heavy atom. The maximum atomic E-state index is 9.97. The van der Waals surface area contributed by atoms with Crippen LogP contribution in [0.15, 0.2) is 47.5 Å². The normalized spacial score (nSPS) is 11.2. The number of methoxy groups -OCH3 is 1. The molecule has 2 rings (SSSR count). The average Bonchev–Trinajstić information content (AvgIpc) is 2.46. The summed E-state index contributed by atoms with van der Waals surface area (Å²) in [7, 11) is 1.51. The molecule has 0 spiro atoms. The van der Waals surface area contributed by atoms with Gasteiger partial charge in [-0.25, -0.2) is 4.99 Å². The lowest BCUT2D eigenvalue weighted by Crippen LogP contribution is -2.22. The molecule has 0 aliphatic heterocycles. The van der Waals surface area contributed by atoms with Gasteiger partial charge >= 0.3 is 0 Å². The third-order valence-electron chi connectivity index (χ3n) is 3.01. The molecule has 0 aliphatic carbocycles. The lowest BCUT2D eigenvalue weighted by atomic mass is 10.2. The van der Waals surface area contributed by atoms with Crippen LogP contribution in [0, 0.1) is 6.92 Å². The van der Waals surface area contributed by atoms with E-state index in [-0.39, 0.29) is 12.3 Å². The third kappa shape index (κ3) is 3.89. The number of nitrogens with one attached hydrogen (secondary N) is 1. The van der Waals surface area contributed by atoms with Crippen molar-refractivity contribution in [3.8, 4) is 11.5 Å². The Labute approximate surface area is 124 Å². The van der Waals surface area contributed by atoms with Gasteiger partial charge in [0.15, 0.2) is 17.5 Å². The third-order valence-corrected chi connectivity index (χ3v) is 3.01. The smallest absolute Gasteiger partial charge is 0.193 e. The highest BCUT2D eigenvalue weighted by atomic mass is 16.5. The Morgan fingerprint density at radius 2 is 2.05 bits per heavy atom. The molecule has 110 valence electrons. The molecule has 0 atom stereocenters. The second kappa shape index (κ2) is 6.65. The minimum atomic E-state index is 0.0899. The molecule has 0 radical (unpaired) electrons. The van der Waals surface area contributed by atoms with Gasteiger partial charge in [-0.3, -0.25) is 0 Å². The van der Waals surface area contributed by atoms with Gasteiger partial charge in [-0.05, 0) is 30.7 Å². The van der Waals surface area contributed by atoms with Gasteiger partial charge in [-0.1, -0.05) is 24.3 Å². The number of para-hydroxylation sites is 1. The first-order valence-electron chi connectivity index (χ1n) is 6.58. The monoisotopic (exact) mass is 285 g/mol. The molecule has 21 heavy (non-hydrogen) atoms. The van der Waals surface area contributed by atoms with Crippen molar-refractivity contribution in [3.63, 3.8) is 0 Å². The fourth-order valence-corrected chi connectivity index (χ4v) is 1.94. The second-order valence-corrected chi connectivity index (χ2v) is 4.66. The van der Waals surface area contributed by atoms with Gasteiger partial charge < -0.3 is 20.9 Å². The zero-order valence-electron chi connectivity index (χ0n) is 12.1. The Bertz CT molecular complexity index is 654. The Balaban J connectivity index is 2.07. The largest absolute Gasteiger partial charge is 0.504 e. The number of phenols is 1. The van der Waals surface area contributed by atoms with E-state index in [1.54, 1.807) is 18.2 Å². The van der Waals surface area contributed by atoms with Gasteiger partial charge in [0, 0.05) is 11.3 Å². The number of aromatic hydroxyl groups is 1. The molecule has 5 heteroatoms. The predicted molar refractivity (Wildman–Crippen MR) is 84.8 cm³/mol. The van der Waals surface area contributed by atoms with Gasteiger partial charge in [-0.15, -0.1) is 0 Å². The Kier molecular flexibility index (Phi) is 4.66. The Hall–Kier alpha value is -2.69. The van der Waals surface area contributed by atoms with Crippen LogP contribution in [0.5, 0.6) is 11.5 Å². The van der Waals surface area contributed by atoms with Crippen molar-refractivity contribution in [2.45, 2.75) is 13.5 Å². The van der Waals surface area contributed by atoms with E-state index in [9.17, 15) is 5.11 Å². The molecule has 2 aromatic carbocycles. The van der Waals surface area contributed by atoms with Crippen molar-refractivity contribution in [1.29, 1.82) is 0 Å². The highest BCUT2D eigenvalue weighted by Gasteiger charge is 2.06. The van der Waals surface area contributed by atoms with Crippen LogP contribution in [0.2, 0.25) is 0 Å². The lowest BCUT2D eigenvalue weighted by molar-refractivity contribution is 0.370. The van der Waals surface area contributed by atoms with E-state index in [0.29, 0.717) is 17.3 Å². The van der Waals surface area contributed by atoms with E-state index >= 15 is 0 Å². The van der Waals surface area contributed by atoms with Crippen molar-refractivity contribution in [2.75, 3.05) is 12.4 Å². The number of guanidine groups is 1. The van der Waals surface area contributed by atoms with Crippen LogP contribution in [-0.2, 0) is 6.54 Å². The highest BCUT2D eigenvalue weighted by molar-refractivity contribution is 5.92. The minimum absolute atomic E-state index is 0.0899. The molecular formula is C16H19N3O2. The van der Waals surface area contributed by atoms with Crippen LogP contribution in [0.3, 0.4) is 0 Å². The molecule has 0 saturated carbocycles. The summed E-state index contributed by atoms with van der Waals surface area (Å²) in [6, 6.07) is 13.1. The first-order chi connectivity index (χ1) is 10.1. The van der Waals surface area contributed by atoms with E-state index in [4.69, 9.17) is 10.5 Å². The summed E-state index contributed by atoms with van der Waals surface area (Å²) in [5, 5.41) is 13.0. The number of aliphatic imine (C=N–C) groups is 1. The Morgan fingerprint density at radius 1 is 1.29 bits per heavy atom. The summed E-state index contributed by atoms with van der Waals surface area (Å²) in [6.45, 7) is 2.28. The number of benzene rings is 2. The predicted octanol–water partition coefficient (Wildman–Crippen LogP) is 2.64. The molecule has 0 aliphatic rings. The van der Waals surface area contributed by atoms with Gasteiger partial charge in [0.25, 0.3) is 0 Å². The van der Waals surface area contributed by atoms with Gasteiger partial charge in [0.05, 0.1) is 13.7 Å². The fraction of sp³-hybridized carbons (Fsp3) is 0.188. The molecule has 2 aromatic rings. The molecular weight excluding hydrogens is 266 g/mol. The summed E-state index contributed by atoms with van der Waals surface area (Å²) in [5.74, 6) is 0.808. The number of nitrogens with zero attached hydrogens (tertiary/aromatic N) is 1. The first-order valence-corrected chi connectivity index (χ1v) is 6.58. The van der Waals surface area contributed by atoms with Crippen LogP contribution in [-0.4, -0.2) is 18.2 Å². The molecule has 0 bridgehead atoms. The number of rotatable bonds is 4. The van der Waals surface area contributed by atoms with Gasteiger partial charge in [-0.2, -0.15) is 0 Å². The number of aryl methyl sites for hydroxylation is 1. The number of anilines is 1. The van der Waals surface area contributed by atoms with Crippen molar-refractivity contribution >= 4 is 11.6 Å². The first kappa shape index (κ1) is 14.7. The van der Waals surface area contributed by atoms with E-state index in [1.807, 2.05) is 31.2 Å². The maximum absolute atomic E-state index is 9.97. The number of phenolic OH excluding ortho intramolecular Hbond substituents is 1. The molecule has 4 N–H and O–H groups in total. The summed E-state index contributed by atoms with van der Waals surface area (Å²) < 4.78 is 5.06. The maximum Gasteiger partial charge on any atom is 0.193 e. The van der Waals surface area contributed by atoms with Crippen LogP contribution in [0.1, 0.15) is 11.1 Å². The standard InChI is InChI=1S/C16H19N3O2/c1-11-5-3-7-13(9-11)19-16(17)18-10-12-6-4-8-14(21-2)15(12)20/h3-9,20H,10H2,1-2H3,(H3,17,18,19). The molecule has 0 aromatic heterocycles. The zero-order chi connectivity index (χ0) is 15.2. The van der Waals surface area contributed by atoms with Crippen molar-refractivity contribution < 1.29 is 9.84 Å². The number of nitrogens with two attached hydrogens (primary N) is 1. The van der Waals surface area contributed by atoms with Crippen LogP contribution in [0.4, 0.5) is 5.69 Å². The van der Waals surface area contributed by atoms with Crippen LogP contribution >= 0.6 is 0 Å². The number of hydrogen-bond acceptors (Lipinski definition) is 3. The van der Waals surface area contributed by atoms with E-state index in [2.05, 4.69) is 10.3 Å². The minimum Gasteiger partial charge on any atom is -0.504 e. The quantitative estimate of drug-likeness (QED) is 0.596. The van der Waals surface area contributed by atoms with E-state index < -0.39 is 0 Å². The van der Waals surface area contributed by atoms with Crippen molar-refractivity contribution in [3.05, 3.63) is 53.6 Å². The van der Waals surface area contributed by atoms with Gasteiger partial charge in [0.1, 0.15) is 0 Å². The van der Waals surface area contributed by atoms with Crippen LogP contribution < -0.4 is 15.8 Å². The summed E-state index contributed by atoms with van der Waals surface area (Å²) in [6.07, 6.45) is 0. The average molecular weight is 285 g/mol. The van der Waals surface area contributed by atoms with Crippen molar-refractivity contribution in [2.24, 2.45) is 10.7 Å². The number of hydrogen-bond donors (Lipinski definition) is 3. The summed E-state index contributed by atoms with van der Waals surface area (Å²) in [5.41, 5.74) is 8.52. The molecule has 0 saturated heterocycles. The zero-order valence-corrected chi connectivity index (χ0v) is 12.1.